The molecule has 0 radical (unpaired) electrons. The van der Waals surface area contributed by atoms with Crippen LogP contribution in [0.2, 0.25) is 0 Å². The zero-order valence-corrected chi connectivity index (χ0v) is 27.5. The molecule has 0 aliphatic heterocycles. The van der Waals surface area contributed by atoms with Crippen molar-refractivity contribution in [3.8, 4) is 67.7 Å². The van der Waals surface area contributed by atoms with E-state index in [-0.39, 0.29) is 10.8 Å². The fourth-order valence-corrected chi connectivity index (χ4v) is 7.81. The highest BCUT2D eigenvalue weighted by molar-refractivity contribution is 5.85. The first-order chi connectivity index (χ1) is 23.3. The zero-order chi connectivity index (χ0) is 32.6. The van der Waals surface area contributed by atoms with Gasteiger partial charge in [0, 0.05) is 39.3 Å². The van der Waals surface area contributed by atoms with E-state index in [1.54, 1.807) is 0 Å². The van der Waals surface area contributed by atoms with Crippen molar-refractivity contribution in [2.75, 3.05) is 0 Å². The molecule has 0 bridgehead atoms. The van der Waals surface area contributed by atoms with Crippen molar-refractivity contribution in [2.45, 2.75) is 38.5 Å². The summed E-state index contributed by atoms with van der Waals surface area (Å²) < 4.78 is 0. The van der Waals surface area contributed by atoms with E-state index in [1.807, 2.05) is 24.4 Å². The monoisotopic (exact) mass is 618 g/mol. The molecule has 2 aliphatic carbocycles. The summed E-state index contributed by atoms with van der Waals surface area (Å²) >= 11 is 0. The van der Waals surface area contributed by atoms with Crippen LogP contribution in [0.25, 0.3) is 67.7 Å². The van der Waals surface area contributed by atoms with Gasteiger partial charge in [0.1, 0.15) is 0 Å². The highest BCUT2D eigenvalue weighted by Gasteiger charge is 2.36. The molecule has 9 rings (SSSR count). The Morgan fingerprint density at radius 1 is 0.375 bits per heavy atom. The van der Waals surface area contributed by atoms with E-state index in [0.717, 1.165) is 27.9 Å². The largest absolute Gasteiger partial charge is 0.256 e. The fraction of sp³-hybridized carbons (Fsp3) is 0.136. The molecule has 2 aliphatic rings. The van der Waals surface area contributed by atoms with Gasteiger partial charge >= 0.3 is 0 Å². The van der Waals surface area contributed by atoms with Crippen LogP contribution in [0.1, 0.15) is 49.9 Å². The summed E-state index contributed by atoms with van der Waals surface area (Å²) in [6, 6.07) is 45.1. The highest BCUT2D eigenvalue weighted by Crippen LogP contribution is 2.51. The molecule has 7 aromatic rings. The standard InChI is InChI=1S/C44H34N4/c1-43(2)35-13-7-5-11-31(35)33-25-29(20-22-37(33)43)41-46-40(28-18-16-27(17-19-28)39-15-9-10-24-45-39)47-42(48-41)30-21-23-38-34(26-30)32-12-6-8-14-36(32)44(38,3)4/h5-26H,1-4H3. The second kappa shape index (κ2) is 10.4. The summed E-state index contributed by atoms with van der Waals surface area (Å²) in [5.41, 5.74) is 15.1. The Morgan fingerprint density at radius 2 is 0.792 bits per heavy atom. The average molecular weight is 619 g/mol. The van der Waals surface area contributed by atoms with Gasteiger partial charge in [0.2, 0.25) is 0 Å². The van der Waals surface area contributed by atoms with Crippen molar-refractivity contribution in [3.05, 3.63) is 156 Å². The maximum atomic E-state index is 5.17. The summed E-state index contributed by atoms with van der Waals surface area (Å²) in [5.74, 6) is 1.97. The molecule has 5 aromatic carbocycles. The molecule has 48 heavy (non-hydrogen) atoms. The molecule has 0 fully saturated rings. The van der Waals surface area contributed by atoms with Gasteiger partial charge in [-0.15, -0.1) is 0 Å². The van der Waals surface area contributed by atoms with Gasteiger partial charge in [-0.3, -0.25) is 4.98 Å². The van der Waals surface area contributed by atoms with Crippen LogP contribution in [0.4, 0.5) is 0 Å². The summed E-state index contributed by atoms with van der Waals surface area (Å²) in [5, 5.41) is 0. The molecule has 4 heteroatoms. The van der Waals surface area contributed by atoms with Crippen LogP contribution in [0.15, 0.2) is 134 Å². The maximum absolute atomic E-state index is 5.17. The van der Waals surface area contributed by atoms with Crippen LogP contribution in [-0.2, 0) is 10.8 Å². The Kier molecular flexibility index (Phi) is 6.16. The number of pyridine rings is 1. The van der Waals surface area contributed by atoms with Gasteiger partial charge in [-0.1, -0.05) is 131 Å². The first-order valence-electron chi connectivity index (χ1n) is 16.6. The molecular weight excluding hydrogens is 585 g/mol. The smallest absolute Gasteiger partial charge is 0.164 e. The minimum Gasteiger partial charge on any atom is -0.256 e. The minimum absolute atomic E-state index is 0.0658. The first kappa shape index (κ1) is 28.5. The molecule has 0 amide bonds. The molecule has 0 spiro atoms. The molecular formula is C44H34N4. The summed E-state index contributed by atoms with van der Waals surface area (Å²) in [7, 11) is 0. The Bertz CT molecular complexity index is 2260. The van der Waals surface area contributed by atoms with Gasteiger partial charge in [-0.25, -0.2) is 15.0 Å². The number of benzene rings is 5. The zero-order valence-electron chi connectivity index (χ0n) is 27.5. The van der Waals surface area contributed by atoms with E-state index in [0.29, 0.717) is 17.5 Å². The first-order valence-corrected chi connectivity index (χ1v) is 16.6. The van der Waals surface area contributed by atoms with Gasteiger partial charge in [-0.05, 0) is 68.8 Å². The van der Waals surface area contributed by atoms with Gasteiger partial charge in [0.25, 0.3) is 0 Å². The van der Waals surface area contributed by atoms with Crippen molar-refractivity contribution in [2.24, 2.45) is 0 Å². The van der Waals surface area contributed by atoms with E-state index < -0.39 is 0 Å². The second-order valence-corrected chi connectivity index (χ2v) is 14.0. The Morgan fingerprint density at radius 3 is 1.29 bits per heavy atom. The van der Waals surface area contributed by atoms with Gasteiger partial charge in [0.05, 0.1) is 5.69 Å². The van der Waals surface area contributed by atoms with Gasteiger partial charge in [0.15, 0.2) is 17.5 Å². The molecule has 4 nitrogen and oxygen atoms in total. The van der Waals surface area contributed by atoms with Crippen molar-refractivity contribution >= 4 is 0 Å². The average Bonchev–Trinajstić information content (AvgIpc) is 3.51. The van der Waals surface area contributed by atoms with Crippen molar-refractivity contribution in [1.82, 2.24) is 19.9 Å². The predicted octanol–water partition coefficient (Wildman–Crippen LogP) is 10.5. The van der Waals surface area contributed by atoms with Crippen molar-refractivity contribution in [1.29, 1.82) is 0 Å². The lowest BCUT2D eigenvalue weighted by atomic mass is 9.82. The summed E-state index contributed by atoms with van der Waals surface area (Å²) in [6.07, 6.45) is 1.82. The lowest BCUT2D eigenvalue weighted by Gasteiger charge is -2.21. The Hall–Kier alpha value is -5.74. The van der Waals surface area contributed by atoms with E-state index in [4.69, 9.17) is 15.0 Å². The number of rotatable bonds is 4. The highest BCUT2D eigenvalue weighted by atomic mass is 15.0. The molecule has 0 N–H and O–H groups in total. The van der Waals surface area contributed by atoms with Crippen LogP contribution < -0.4 is 0 Å². The fourth-order valence-electron chi connectivity index (χ4n) is 7.81. The Labute approximate surface area is 281 Å². The van der Waals surface area contributed by atoms with Gasteiger partial charge in [-0.2, -0.15) is 0 Å². The van der Waals surface area contributed by atoms with Crippen LogP contribution in [-0.4, -0.2) is 19.9 Å². The number of nitrogens with zero attached hydrogens (tertiary/aromatic N) is 4. The maximum Gasteiger partial charge on any atom is 0.164 e. The molecule has 230 valence electrons. The molecule has 0 saturated heterocycles. The van der Waals surface area contributed by atoms with Gasteiger partial charge < -0.3 is 0 Å². The number of fused-ring (bicyclic) bond motifs is 6. The third-order valence-corrected chi connectivity index (χ3v) is 10.4. The van der Waals surface area contributed by atoms with E-state index >= 15 is 0 Å². The number of hydrogen-bond donors (Lipinski definition) is 0. The minimum atomic E-state index is -0.0658. The van der Waals surface area contributed by atoms with Crippen LogP contribution in [0.3, 0.4) is 0 Å². The van der Waals surface area contributed by atoms with E-state index in [2.05, 4.69) is 142 Å². The number of aromatic nitrogens is 4. The molecule has 2 aromatic heterocycles. The topological polar surface area (TPSA) is 51.6 Å². The summed E-state index contributed by atoms with van der Waals surface area (Å²) in [4.78, 5) is 19.9. The third-order valence-electron chi connectivity index (χ3n) is 10.4. The van der Waals surface area contributed by atoms with Crippen LogP contribution in [0, 0.1) is 0 Å². The van der Waals surface area contributed by atoms with Crippen LogP contribution in [0.5, 0.6) is 0 Å². The molecule has 0 atom stereocenters. The predicted molar refractivity (Wildman–Crippen MR) is 194 cm³/mol. The second-order valence-electron chi connectivity index (χ2n) is 14.0. The SMILES string of the molecule is CC1(C)c2ccccc2-c2cc(-c3nc(-c4ccc(-c5ccccn5)cc4)nc(-c4ccc5c(c4)-c4ccccc4C5(C)C)n3)ccc21. The quantitative estimate of drug-likeness (QED) is 0.197. The third kappa shape index (κ3) is 4.29. The lowest BCUT2D eigenvalue weighted by molar-refractivity contribution is 0.660. The molecule has 2 heterocycles. The Balaban J connectivity index is 1.21. The normalized spacial score (nSPS) is 14.6. The van der Waals surface area contributed by atoms with Crippen LogP contribution >= 0.6 is 0 Å². The van der Waals surface area contributed by atoms with E-state index in [1.165, 1.54) is 44.5 Å². The summed E-state index contributed by atoms with van der Waals surface area (Å²) in [6.45, 7) is 9.22. The molecule has 0 unspecified atom stereocenters. The van der Waals surface area contributed by atoms with Crippen molar-refractivity contribution in [3.63, 3.8) is 0 Å². The lowest BCUT2D eigenvalue weighted by Crippen LogP contribution is -2.14. The number of hydrogen-bond acceptors (Lipinski definition) is 4. The van der Waals surface area contributed by atoms with E-state index in [9.17, 15) is 0 Å². The molecule has 0 saturated carbocycles. The van der Waals surface area contributed by atoms with Crippen molar-refractivity contribution < 1.29 is 0 Å².